The smallest absolute Gasteiger partial charge is 0.251 e. The van der Waals surface area contributed by atoms with E-state index in [1.807, 2.05) is 0 Å². The minimum atomic E-state index is -3.82. The molecule has 1 aliphatic rings. The van der Waals surface area contributed by atoms with Crippen LogP contribution in [0.25, 0.3) is 0 Å². The maximum Gasteiger partial charge on any atom is 0.251 e. The number of hydrogen-bond donors (Lipinski definition) is 1. The number of carbonyl (C=O) groups is 1. The van der Waals surface area contributed by atoms with Crippen LogP contribution < -0.4 is 10.2 Å². The summed E-state index contributed by atoms with van der Waals surface area (Å²) in [4.78, 5) is 14.2. The summed E-state index contributed by atoms with van der Waals surface area (Å²) in [5, 5.41) is 2.83. The highest BCUT2D eigenvalue weighted by Crippen LogP contribution is 2.26. The van der Waals surface area contributed by atoms with Gasteiger partial charge >= 0.3 is 0 Å². The van der Waals surface area contributed by atoms with Crippen molar-refractivity contribution in [1.82, 2.24) is 9.62 Å². The summed E-state index contributed by atoms with van der Waals surface area (Å²) < 4.78 is 46.1. The van der Waals surface area contributed by atoms with Crippen LogP contribution in [0.5, 0.6) is 0 Å². The number of sulfonamides is 1. The monoisotopic (exact) mass is 469 g/mol. The molecule has 2 aromatic carbocycles. The lowest BCUT2D eigenvalue weighted by Gasteiger charge is -2.26. The van der Waals surface area contributed by atoms with E-state index in [1.54, 1.807) is 30.1 Å². The highest BCUT2D eigenvalue weighted by Gasteiger charge is 2.29. The molecule has 0 radical (unpaired) electrons. The summed E-state index contributed by atoms with van der Waals surface area (Å²) in [7, 11) is -2.04. The SMILES string of the molecule is CN(CCCNC(=O)c1ccc(Cl)c(S(=O)(=O)N2CCOCC2)c1)c1ccccc1F. The van der Waals surface area contributed by atoms with Crippen LogP contribution in [0.1, 0.15) is 16.8 Å². The highest BCUT2D eigenvalue weighted by atomic mass is 35.5. The van der Waals surface area contributed by atoms with Crippen molar-refractivity contribution in [2.24, 2.45) is 0 Å². The number of carbonyl (C=O) groups excluding carboxylic acids is 1. The number of nitrogens with zero attached hydrogens (tertiary/aromatic N) is 2. The molecule has 1 fully saturated rings. The second kappa shape index (κ2) is 10.4. The Morgan fingerprint density at radius 3 is 2.65 bits per heavy atom. The lowest BCUT2D eigenvalue weighted by Crippen LogP contribution is -2.40. The summed E-state index contributed by atoms with van der Waals surface area (Å²) in [5.41, 5.74) is 0.697. The Morgan fingerprint density at radius 2 is 1.94 bits per heavy atom. The quantitative estimate of drug-likeness (QED) is 0.601. The molecule has 1 saturated heterocycles. The van der Waals surface area contributed by atoms with Crippen LogP contribution in [0.3, 0.4) is 0 Å². The van der Waals surface area contributed by atoms with Crippen molar-refractivity contribution in [3.05, 3.63) is 58.9 Å². The van der Waals surface area contributed by atoms with Crippen LogP contribution in [0.2, 0.25) is 5.02 Å². The molecule has 1 N–H and O–H groups in total. The second-order valence-corrected chi connectivity index (χ2v) is 9.46. The first-order valence-corrected chi connectivity index (χ1v) is 11.7. The standard InChI is InChI=1S/C21H25ClFN3O4S/c1-25(19-6-3-2-5-18(19)23)10-4-9-24-21(27)16-7-8-17(22)20(15-16)31(28,29)26-11-13-30-14-12-26/h2-3,5-8,15H,4,9-14H2,1H3,(H,24,27). The normalized spacial score (nSPS) is 14.9. The Kier molecular flexibility index (Phi) is 7.88. The zero-order valence-electron chi connectivity index (χ0n) is 17.2. The Labute approximate surface area is 186 Å². The molecule has 0 atom stereocenters. The van der Waals surface area contributed by atoms with Crippen molar-refractivity contribution >= 4 is 33.2 Å². The van der Waals surface area contributed by atoms with Crippen LogP contribution in [0.4, 0.5) is 10.1 Å². The molecule has 10 heteroatoms. The molecule has 0 spiro atoms. The van der Waals surface area contributed by atoms with E-state index in [0.717, 1.165) is 0 Å². The van der Waals surface area contributed by atoms with Gasteiger partial charge in [0.15, 0.2) is 0 Å². The lowest BCUT2D eigenvalue weighted by molar-refractivity contribution is 0.0730. The van der Waals surface area contributed by atoms with Gasteiger partial charge in [-0.3, -0.25) is 4.79 Å². The fourth-order valence-corrected chi connectivity index (χ4v) is 5.18. The molecule has 7 nitrogen and oxygen atoms in total. The van der Waals surface area contributed by atoms with Gasteiger partial charge in [0.2, 0.25) is 10.0 Å². The Bertz CT molecular complexity index is 1030. The lowest BCUT2D eigenvalue weighted by atomic mass is 10.2. The van der Waals surface area contributed by atoms with Crippen molar-refractivity contribution in [2.45, 2.75) is 11.3 Å². The van der Waals surface area contributed by atoms with Crippen molar-refractivity contribution in [3.63, 3.8) is 0 Å². The van der Waals surface area contributed by atoms with E-state index in [-0.39, 0.29) is 34.4 Å². The summed E-state index contributed by atoms with van der Waals surface area (Å²) in [6.07, 6.45) is 0.586. The molecule has 0 saturated carbocycles. The summed E-state index contributed by atoms with van der Waals surface area (Å²) in [6.45, 7) is 2.01. The molecule has 1 amide bonds. The number of benzene rings is 2. The first kappa shape index (κ1) is 23.5. The number of anilines is 1. The average Bonchev–Trinajstić information content (AvgIpc) is 2.77. The minimum Gasteiger partial charge on any atom is -0.379 e. The van der Waals surface area contributed by atoms with E-state index in [2.05, 4.69) is 5.32 Å². The van der Waals surface area contributed by atoms with Gasteiger partial charge in [-0.1, -0.05) is 23.7 Å². The van der Waals surface area contributed by atoms with Gasteiger partial charge < -0.3 is 15.0 Å². The van der Waals surface area contributed by atoms with Crippen molar-refractivity contribution in [3.8, 4) is 0 Å². The largest absolute Gasteiger partial charge is 0.379 e. The van der Waals surface area contributed by atoms with E-state index in [4.69, 9.17) is 16.3 Å². The first-order chi connectivity index (χ1) is 14.8. The Morgan fingerprint density at radius 1 is 1.23 bits per heavy atom. The van der Waals surface area contributed by atoms with Gasteiger partial charge in [0.05, 0.1) is 23.9 Å². The van der Waals surface area contributed by atoms with Gasteiger partial charge in [0, 0.05) is 38.8 Å². The van der Waals surface area contributed by atoms with Gasteiger partial charge in [0.1, 0.15) is 10.7 Å². The van der Waals surface area contributed by atoms with E-state index in [0.29, 0.717) is 38.4 Å². The molecule has 3 rings (SSSR count). The number of hydrogen-bond acceptors (Lipinski definition) is 5. The van der Waals surface area contributed by atoms with Crippen LogP contribution >= 0.6 is 11.6 Å². The van der Waals surface area contributed by atoms with E-state index >= 15 is 0 Å². The summed E-state index contributed by atoms with van der Waals surface area (Å²) in [6, 6.07) is 10.7. The van der Waals surface area contributed by atoms with Gasteiger partial charge in [-0.25, -0.2) is 12.8 Å². The van der Waals surface area contributed by atoms with Gasteiger partial charge in [0.25, 0.3) is 5.91 Å². The van der Waals surface area contributed by atoms with E-state index < -0.39 is 15.9 Å². The van der Waals surface area contributed by atoms with Crippen LogP contribution in [0.15, 0.2) is 47.4 Å². The molecule has 1 aliphatic heterocycles. The number of halogens is 2. The maximum atomic E-state index is 13.8. The number of morpholine rings is 1. The number of amides is 1. The topological polar surface area (TPSA) is 79.0 Å². The van der Waals surface area contributed by atoms with Gasteiger partial charge in [-0.05, 0) is 36.8 Å². The Balaban J connectivity index is 1.59. The average molecular weight is 470 g/mol. The number of rotatable bonds is 8. The molecule has 31 heavy (non-hydrogen) atoms. The summed E-state index contributed by atoms with van der Waals surface area (Å²) in [5.74, 6) is -0.701. The minimum absolute atomic E-state index is 0.0644. The molecule has 0 bridgehead atoms. The molecule has 2 aromatic rings. The second-order valence-electron chi connectivity index (χ2n) is 7.14. The third-order valence-electron chi connectivity index (χ3n) is 5.00. The molecule has 0 aromatic heterocycles. The fourth-order valence-electron chi connectivity index (χ4n) is 3.27. The first-order valence-electron chi connectivity index (χ1n) is 9.92. The molecular weight excluding hydrogens is 445 g/mol. The zero-order chi connectivity index (χ0) is 22.4. The maximum absolute atomic E-state index is 13.8. The molecule has 168 valence electrons. The fraction of sp³-hybridized carbons (Fsp3) is 0.381. The highest BCUT2D eigenvalue weighted by molar-refractivity contribution is 7.89. The number of nitrogens with one attached hydrogen (secondary N) is 1. The number of para-hydroxylation sites is 1. The zero-order valence-corrected chi connectivity index (χ0v) is 18.8. The summed E-state index contributed by atoms with van der Waals surface area (Å²) >= 11 is 6.13. The molecule has 1 heterocycles. The number of ether oxygens (including phenoxy) is 1. The van der Waals surface area contributed by atoms with Gasteiger partial charge in [-0.2, -0.15) is 4.31 Å². The van der Waals surface area contributed by atoms with Crippen molar-refractivity contribution in [2.75, 3.05) is 51.3 Å². The van der Waals surface area contributed by atoms with E-state index in [1.165, 1.54) is 28.6 Å². The van der Waals surface area contributed by atoms with Crippen molar-refractivity contribution < 1.29 is 22.3 Å². The molecule has 0 unspecified atom stereocenters. The third-order valence-corrected chi connectivity index (χ3v) is 7.38. The van der Waals surface area contributed by atoms with Crippen LogP contribution in [-0.2, 0) is 14.8 Å². The predicted octanol–water partition coefficient (Wildman–Crippen LogP) is 2.76. The molecule has 0 aliphatic carbocycles. The van der Waals surface area contributed by atoms with Crippen LogP contribution in [0, 0.1) is 5.82 Å². The van der Waals surface area contributed by atoms with Crippen molar-refractivity contribution in [1.29, 1.82) is 0 Å². The van der Waals surface area contributed by atoms with E-state index in [9.17, 15) is 17.6 Å². The predicted molar refractivity (Wildman–Crippen MR) is 118 cm³/mol. The van der Waals surface area contributed by atoms with Gasteiger partial charge in [-0.15, -0.1) is 0 Å². The third kappa shape index (κ3) is 5.74. The molecular formula is C21H25ClFN3O4S. The Hall–Kier alpha value is -2.20. The van der Waals surface area contributed by atoms with Crippen LogP contribution in [-0.4, -0.2) is 65.1 Å².